The number of halogens is 3. The fourth-order valence-electron chi connectivity index (χ4n) is 1.53. The number of rotatable bonds is 5. The third-order valence-electron chi connectivity index (χ3n) is 2.14. The predicted octanol–water partition coefficient (Wildman–Crippen LogP) is 3.12. The zero-order chi connectivity index (χ0) is 13.0. The first-order valence-electron chi connectivity index (χ1n) is 4.79. The van der Waals surface area contributed by atoms with Crippen LogP contribution < -0.4 is 4.74 Å². The van der Waals surface area contributed by atoms with Crippen LogP contribution in [0.5, 0.6) is 5.75 Å². The van der Waals surface area contributed by atoms with Gasteiger partial charge in [0.2, 0.25) is 0 Å². The van der Waals surface area contributed by atoms with Crippen LogP contribution in [-0.4, -0.2) is 17.7 Å². The first kappa shape index (κ1) is 13.9. The predicted molar refractivity (Wildman–Crippen MR) is 61.8 cm³/mol. The number of alkyl halides is 3. The molecule has 1 aromatic rings. The number of benzene rings is 1. The normalized spacial score (nSPS) is 10.6. The standard InChI is InChI=1S/C11H11BrF2O3/c1-6-2-7(4-10(15)16)8(5-12)9(3-6)17-11(13)14/h2-3,11H,4-5H2,1H3,(H,15,16). The SMILES string of the molecule is Cc1cc(CC(=O)O)c(CBr)c(OC(F)F)c1. The summed E-state index contributed by atoms with van der Waals surface area (Å²) >= 11 is 3.15. The van der Waals surface area contributed by atoms with E-state index in [-0.39, 0.29) is 17.5 Å². The van der Waals surface area contributed by atoms with Gasteiger partial charge in [0.1, 0.15) is 5.75 Å². The second-order valence-corrected chi connectivity index (χ2v) is 4.04. The summed E-state index contributed by atoms with van der Waals surface area (Å²) in [6, 6.07) is 3.12. The Morgan fingerprint density at radius 2 is 2.18 bits per heavy atom. The molecule has 0 spiro atoms. The lowest BCUT2D eigenvalue weighted by molar-refractivity contribution is -0.136. The summed E-state index contributed by atoms with van der Waals surface area (Å²) in [6.45, 7) is -1.23. The van der Waals surface area contributed by atoms with E-state index in [1.165, 1.54) is 6.07 Å². The minimum absolute atomic E-state index is 0.0214. The Kier molecular flexibility index (Phi) is 4.86. The third-order valence-corrected chi connectivity index (χ3v) is 2.70. The molecule has 0 atom stereocenters. The van der Waals surface area contributed by atoms with Gasteiger partial charge in [-0.3, -0.25) is 4.79 Å². The molecule has 1 aromatic carbocycles. The molecule has 1 N–H and O–H groups in total. The maximum absolute atomic E-state index is 12.2. The van der Waals surface area contributed by atoms with Crippen molar-refractivity contribution in [3.05, 3.63) is 28.8 Å². The van der Waals surface area contributed by atoms with Crippen molar-refractivity contribution in [3.8, 4) is 5.75 Å². The van der Waals surface area contributed by atoms with Crippen molar-refractivity contribution in [1.82, 2.24) is 0 Å². The molecular weight excluding hydrogens is 298 g/mol. The lowest BCUT2D eigenvalue weighted by atomic mass is 10.0. The molecule has 0 aliphatic rings. The Balaban J connectivity index is 3.19. The Hall–Kier alpha value is -1.17. The van der Waals surface area contributed by atoms with Gasteiger partial charge in [-0.05, 0) is 24.1 Å². The summed E-state index contributed by atoms with van der Waals surface area (Å²) < 4.78 is 28.8. The summed E-state index contributed by atoms with van der Waals surface area (Å²) in [7, 11) is 0. The summed E-state index contributed by atoms with van der Waals surface area (Å²) in [5, 5.41) is 9.01. The zero-order valence-corrected chi connectivity index (χ0v) is 10.6. The van der Waals surface area contributed by atoms with Crippen molar-refractivity contribution in [2.45, 2.75) is 25.3 Å². The van der Waals surface area contributed by atoms with E-state index >= 15 is 0 Å². The van der Waals surface area contributed by atoms with E-state index in [1.807, 2.05) is 0 Å². The summed E-state index contributed by atoms with van der Waals surface area (Å²) in [6.07, 6.45) is -0.220. The van der Waals surface area contributed by atoms with Crippen molar-refractivity contribution in [2.75, 3.05) is 0 Å². The van der Waals surface area contributed by atoms with E-state index in [0.717, 1.165) is 0 Å². The Morgan fingerprint density at radius 1 is 1.53 bits per heavy atom. The van der Waals surface area contributed by atoms with Crippen molar-refractivity contribution in [2.24, 2.45) is 0 Å². The molecule has 0 aliphatic heterocycles. The van der Waals surface area contributed by atoms with Crippen LogP contribution in [0.2, 0.25) is 0 Å². The van der Waals surface area contributed by atoms with Gasteiger partial charge in [0.05, 0.1) is 6.42 Å². The molecule has 0 radical (unpaired) electrons. The van der Waals surface area contributed by atoms with E-state index in [0.29, 0.717) is 16.7 Å². The second-order valence-electron chi connectivity index (χ2n) is 3.48. The van der Waals surface area contributed by atoms with E-state index in [9.17, 15) is 13.6 Å². The topological polar surface area (TPSA) is 46.5 Å². The van der Waals surface area contributed by atoms with Crippen LogP contribution >= 0.6 is 15.9 Å². The molecule has 0 fully saturated rings. The van der Waals surface area contributed by atoms with E-state index in [1.54, 1.807) is 13.0 Å². The van der Waals surface area contributed by atoms with Crippen molar-refractivity contribution < 1.29 is 23.4 Å². The molecule has 0 aliphatic carbocycles. The minimum atomic E-state index is -2.92. The highest BCUT2D eigenvalue weighted by molar-refractivity contribution is 9.08. The first-order valence-corrected chi connectivity index (χ1v) is 5.91. The molecule has 0 heterocycles. The van der Waals surface area contributed by atoms with Gasteiger partial charge in [-0.25, -0.2) is 0 Å². The average molecular weight is 309 g/mol. The molecule has 3 nitrogen and oxygen atoms in total. The molecule has 0 aromatic heterocycles. The Labute approximate surface area is 106 Å². The fourth-order valence-corrected chi connectivity index (χ4v) is 2.17. The van der Waals surface area contributed by atoms with Crippen molar-refractivity contribution in [3.63, 3.8) is 0 Å². The van der Waals surface area contributed by atoms with E-state index in [2.05, 4.69) is 20.7 Å². The van der Waals surface area contributed by atoms with Gasteiger partial charge in [-0.1, -0.05) is 22.0 Å². The Morgan fingerprint density at radius 3 is 2.65 bits per heavy atom. The molecule has 94 valence electrons. The number of hydrogen-bond acceptors (Lipinski definition) is 2. The van der Waals surface area contributed by atoms with Crippen LogP contribution in [0.15, 0.2) is 12.1 Å². The molecular formula is C11H11BrF2O3. The summed E-state index contributed by atoms with van der Waals surface area (Å²) in [5.74, 6) is -0.992. The van der Waals surface area contributed by atoms with Crippen LogP contribution in [0, 0.1) is 6.92 Å². The quantitative estimate of drug-likeness (QED) is 0.850. The van der Waals surface area contributed by atoms with Gasteiger partial charge in [-0.2, -0.15) is 8.78 Å². The van der Waals surface area contributed by atoms with Gasteiger partial charge in [-0.15, -0.1) is 0 Å². The number of carboxylic acid groups (broad SMARTS) is 1. The highest BCUT2D eigenvalue weighted by Crippen LogP contribution is 2.28. The fraction of sp³-hybridized carbons (Fsp3) is 0.364. The zero-order valence-electron chi connectivity index (χ0n) is 9.04. The van der Waals surface area contributed by atoms with Crippen LogP contribution in [0.3, 0.4) is 0 Å². The van der Waals surface area contributed by atoms with Gasteiger partial charge in [0.15, 0.2) is 0 Å². The summed E-state index contributed by atoms with van der Waals surface area (Å²) in [4.78, 5) is 10.7. The first-order chi connectivity index (χ1) is 7.93. The molecule has 0 amide bonds. The molecule has 1 rings (SSSR count). The lowest BCUT2D eigenvalue weighted by Gasteiger charge is -2.14. The van der Waals surface area contributed by atoms with Crippen LogP contribution in [0.25, 0.3) is 0 Å². The van der Waals surface area contributed by atoms with Crippen LogP contribution in [-0.2, 0) is 16.5 Å². The number of carboxylic acids is 1. The number of hydrogen-bond donors (Lipinski definition) is 1. The lowest BCUT2D eigenvalue weighted by Crippen LogP contribution is -2.08. The molecule has 17 heavy (non-hydrogen) atoms. The molecule has 0 bridgehead atoms. The molecule has 0 saturated heterocycles. The van der Waals surface area contributed by atoms with Crippen molar-refractivity contribution in [1.29, 1.82) is 0 Å². The van der Waals surface area contributed by atoms with Crippen LogP contribution in [0.4, 0.5) is 8.78 Å². The third kappa shape index (κ3) is 3.96. The minimum Gasteiger partial charge on any atom is -0.481 e. The number of aliphatic carboxylic acids is 1. The largest absolute Gasteiger partial charge is 0.481 e. The molecule has 0 unspecified atom stereocenters. The van der Waals surface area contributed by atoms with Gasteiger partial charge < -0.3 is 9.84 Å². The highest BCUT2D eigenvalue weighted by atomic mass is 79.9. The second kappa shape index (κ2) is 5.95. The molecule has 0 saturated carbocycles. The maximum Gasteiger partial charge on any atom is 0.387 e. The van der Waals surface area contributed by atoms with Crippen molar-refractivity contribution >= 4 is 21.9 Å². The number of carbonyl (C=O) groups is 1. The maximum atomic E-state index is 12.2. The number of ether oxygens (including phenoxy) is 1. The Bertz CT molecular complexity index is 421. The van der Waals surface area contributed by atoms with E-state index in [4.69, 9.17) is 5.11 Å². The summed E-state index contributed by atoms with van der Waals surface area (Å²) in [5.41, 5.74) is 1.60. The number of aryl methyl sites for hydroxylation is 1. The average Bonchev–Trinajstić information content (AvgIpc) is 2.14. The van der Waals surface area contributed by atoms with E-state index < -0.39 is 12.6 Å². The highest BCUT2D eigenvalue weighted by Gasteiger charge is 2.15. The van der Waals surface area contributed by atoms with Crippen LogP contribution in [0.1, 0.15) is 16.7 Å². The van der Waals surface area contributed by atoms with Gasteiger partial charge in [0.25, 0.3) is 0 Å². The smallest absolute Gasteiger partial charge is 0.387 e. The molecule has 6 heteroatoms. The van der Waals surface area contributed by atoms with Gasteiger partial charge in [0, 0.05) is 10.9 Å². The monoisotopic (exact) mass is 308 g/mol. The van der Waals surface area contributed by atoms with Gasteiger partial charge >= 0.3 is 12.6 Å².